The maximum Gasteiger partial charge on any atom is 0.0103 e. The van der Waals surface area contributed by atoms with Crippen molar-refractivity contribution < 1.29 is 0 Å². The first kappa shape index (κ1) is 12.4. The number of hydrogen-bond acceptors (Lipinski definition) is 1. The van der Waals surface area contributed by atoms with Gasteiger partial charge in [-0.3, -0.25) is 0 Å². The predicted molar refractivity (Wildman–Crippen MR) is 70.6 cm³/mol. The van der Waals surface area contributed by atoms with E-state index >= 15 is 0 Å². The molecule has 94 valence electrons. The molecule has 0 aromatic rings. The van der Waals surface area contributed by atoms with Crippen LogP contribution in [0.15, 0.2) is 0 Å². The summed E-state index contributed by atoms with van der Waals surface area (Å²) in [7, 11) is 0. The van der Waals surface area contributed by atoms with E-state index in [1.54, 1.807) is 0 Å². The van der Waals surface area contributed by atoms with Crippen molar-refractivity contribution in [3.8, 4) is 0 Å². The van der Waals surface area contributed by atoms with Crippen molar-refractivity contribution in [3.63, 3.8) is 0 Å². The van der Waals surface area contributed by atoms with Crippen molar-refractivity contribution >= 4 is 0 Å². The van der Waals surface area contributed by atoms with Crippen molar-refractivity contribution in [3.05, 3.63) is 0 Å². The second kappa shape index (κ2) is 5.08. The Kier molecular flexibility index (Phi) is 3.94. The summed E-state index contributed by atoms with van der Waals surface area (Å²) in [5.41, 5.74) is 0.604. The van der Waals surface area contributed by atoms with E-state index in [9.17, 15) is 0 Å². The third-order valence-corrected chi connectivity index (χ3v) is 5.37. The van der Waals surface area contributed by atoms with Crippen LogP contribution in [0.5, 0.6) is 0 Å². The lowest BCUT2D eigenvalue weighted by Crippen LogP contribution is -2.43. The standard InChI is InChI=1S/C15H29N/c1-4-15(3)11-10-12(2)16-14-9-7-5-6-8-13(14)15/h12-14,16H,4-11H2,1-3H3. The molecule has 0 aromatic heterocycles. The zero-order valence-electron chi connectivity index (χ0n) is 11.4. The van der Waals surface area contributed by atoms with Crippen LogP contribution in [0, 0.1) is 11.3 Å². The van der Waals surface area contributed by atoms with Gasteiger partial charge < -0.3 is 5.32 Å². The molecule has 1 aliphatic carbocycles. The van der Waals surface area contributed by atoms with Crippen LogP contribution in [0.4, 0.5) is 0 Å². The monoisotopic (exact) mass is 223 g/mol. The summed E-state index contributed by atoms with van der Waals surface area (Å²) in [6.45, 7) is 7.33. The quantitative estimate of drug-likeness (QED) is 0.705. The summed E-state index contributed by atoms with van der Waals surface area (Å²) in [5, 5.41) is 3.91. The van der Waals surface area contributed by atoms with Gasteiger partial charge >= 0.3 is 0 Å². The summed E-state index contributed by atoms with van der Waals surface area (Å²) in [4.78, 5) is 0. The molecule has 1 N–H and O–H groups in total. The molecule has 2 rings (SSSR count). The molecular weight excluding hydrogens is 194 g/mol. The van der Waals surface area contributed by atoms with Crippen molar-refractivity contribution in [2.24, 2.45) is 11.3 Å². The Bertz CT molecular complexity index is 225. The van der Waals surface area contributed by atoms with Crippen molar-refractivity contribution in [2.45, 2.75) is 84.2 Å². The van der Waals surface area contributed by atoms with Gasteiger partial charge in [-0.25, -0.2) is 0 Å². The van der Waals surface area contributed by atoms with E-state index in [0.717, 1.165) is 18.0 Å². The molecule has 0 spiro atoms. The van der Waals surface area contributed by atoms with E-state index in [1.807, 2.05) is 0 Å². The second-order valence-corrected chi connectivity index (χ2v) is 6.46. The van der Waals surface area contributed by atoms with E-state index in [2.05, 4.69) is 26.1 Å². The van der Waals surface area contributed by atoms with Crippen LogP contribution in [0.3, 0.4) is 0 Å². The number of rotatable bonds is 1. The topological polar surface area (TPSA) is 12.0 Å². The fourth-order valence-electron chi connectivity index (χ4n) is 3.96. The summed E-state index contributed by atoms with van der Waals surface area (Å²) >= 11 is 0. The molecular formula is C15H29N. The van der Waals surface area contributed by atoms with Gasteiger partial charge in [0.25, 0.3) is 0 Å². The number of hydrogen-bond donors (Lipinski definition) is 1. The highest BCUT2D eigenvalue weighted by Crippen LogP contribution is 2.45. The third-order valence-electron chi connectivity index (χ3n) is 5.37. The largest absolute Gasteiger partial charge is 0.311 e. The molecule has 1 nitrogen and oxygen atoms in total. The van der Waals surface area contributed by atoms with E-state index in [1.165, 1.54) is 51.4 Å². The molecule has 0 bridgehead atoms. The zero-order valence-corrected chi connectivity index (χ0v) is 11.4. The molecule has 16 heavy (non-hydrogen) atoms. The first-order valence-corrected chi connectivity index (χ1v) is 7.42. The first-order chi connectivity index (χ1) is 7.65. The van der Waals surface area contributed by atoms with Crippen molar-refractivity contribution in [1.29, 1.82) is 0 Å². The molecule has 0 amide bonds. The van der Waals surface area contributed by atoms with Crippen LogP contribution >= 0.6 is 0 Å². The number of nitrogens with one attached hydrogen (secondary N) is 1. The van der Waals surface area contributed by atoms with Gasteiger partial charge in [0.1, 0.15) is 0 Å². The maximum atomic E-state index is 3.91. The molecule has 1 heteroatoms. The first-order valence-electron chi connectivity index (χ1n) is 7.42. The summed E-state index contributed by atoms with van der Waals surface area (Å²) in [5.74, 6) is 0.935. The normalized spacial score (nSPS) is 45.6. The van der Waals surface area contributed by atoms with E-state index in [0.29, 0.717) is 5.41 Å². The summed E-state index contributed by atoms with van der Waals surface area (Å²) in [6.07, 6.45) is 11.4. The molecule has 1 saturated heterocycles. The number of fused-ring (bicyclic) bond motifs is 1. The SMILES string of the molecule is CCC1(C)CCC(C)NC2CCCCCC21. The molecule has 2 aliphatic rings. The van der Waals surface area contributed by atoms with Crippen LogP contribution in [-0.4, -0.2) is 12.1 Å². The summed E-state index contributed by atoms with van der Waals surface area (Å²) < 4.78 is 0. The highest BCUT2D eigenvalue weighted by Gasteiger charge is 2.40. The highest BCUT2D eigenvalue weighted by atomic mass is 15.0. The molecule has 2 fully saturated rings. The summed E-state index contributed by atoms with van der Waals surface area (Å²) in [6, 6.07) is 1.55. The zero-order chi connectivity index (χ0) is 11.6. The van der Waals surface area contributed by atoms with Crippen molar-refractivity contribution in [2.75, 3.05) is 0 Å². The molecule has 1 saturated carbocycles. The van der Waals surface area contributed by atoms with Crippen molar-refractivity contribution in [1.82, 2.24) is 5.32 Å². The van der Waals surface area contributed by atoms with Gasteiger partial charge in [-0.1, -0.05) is 39.5 Å². The molecule has 4 atom stereocenters. The molecule has 0 aromatic carbocycles. The average Bonchev–Trinajstić information content (AvgIpc) is 2.56. The second-order valence-electron chi connectivity index (χ2n) is 6.46. The minimum atomic E-state index is 0.604. The van der Waals surface area contributed by atoms with Gasteiger partial charge in [-0.05, 0) is 43.9 Å². The Morgan fingerprint density at radius 3 is 2.62 bits per heavy atom. The molecule has 4 unspecified atom stereocenters. The Hall–Kier alpha value is -0.0400. The minimum Gasteiger partial charge on any atom is -0.311 e. The average molecular weight is 223 g/mol. The van der Waals surface area contributed by atoms with Crippen LogP contribution in [0.1, 0.15) is 72.1 Å². The fraction of sp³-hybridized carbons (Fsp3) is 1.00. The van der Waals surface area contributed by atoms with E-state index < -0.39 is 0 Å². The van der Waals surface area contributed by atoms with Gasteiger partial charge in [0.15, 0.2) is 0 Å². The van der Waals surface area contributed by atoms with E-state index in [4.69, 9.17) is 0 Å². The van der Waals surface area contributed by atoms with Crippen LogP contribution < -0.4 is 5.32 Å². The predicted octanol–water partition coefficient (Wildman–Crippen LogP) is 4.12. The third kappa shape index (κ3) is 2.45. The lowest BCUT2D eigenvalue weighted by atomic mass is 9.68. The highest BCUT2D eigenvalue weighted by molar-refractivity contribution is 4.95. The molecule has 1 aliphatic heterocycles. The lowest BCUT2D eigenvalue weighted by Gasteiger charge is -2.39. The lowest BCUT2D eigenvalue weighted by molar-refractivity contribution is 0.129. The Labute approximate surface area is 101 Å². The smallest absolute Gasteiger partial charge is 0.0103 e. The minimum absolute atomic E-state index is 0.604. The van der Waals surface area contributed by atoms with Crippen LogP contribution in [0.2, 0.25) is 0 Å². The van der Waals surface area contributed by atoms with Gasteiger partial charge in [-0.15, -0.1) is 0 Å². The van der Waals surface area contributed by atoms with Gasteiger partial charge in [0, 0.05) is 12.1 Å². The maximum absolute atomic E-state index is 3.91. The van der Waals surface area contributed by atoms with E-state index in [-0.39, 0.29) is 0 Å². The Morgan fingerprint density at radius 2 is 1.88 bits per heavy atom. The fourth-order valence-corrected chi connectivity index (χ4v) is 3.96. The van der Waals surface area contributed by atoms with Gasteiger partial charge in [0.2, 0.25) is 0 Å². The molecule has 0 radical (unpaired) electrons. The van der Waals surface area contributed by atoms with Crippen LogP contribution in [0.25, 0.3) is 0 Å². The Balaban J connectivity index is 2.19. The molecule has 1 heterocycles. The Morgan fingerprint density at radius 1 is 1.12 bits per heavy atom. The van der Waals surface area contributed by atoms with Gasteiger partial charge in [0.05, 0.1) is 0 Å². The van der Waals surface area contributed by atoms with Crippen LogP contribution in [-0.2, 0) is 0 Å². The van der Waals surface area contributed by atoms with Gasteiger partial charge in [-0.2, -0.15) is 0 Å².